The molecule has 0 bridgehead atoms. The van der Waals surface area contributed by atoms with E-state index in [2.05, 4.69) is 15.5 Å². The van der Waals surface area contributed by atoms with Gasteiger partial charge in [-0.2, -0.15) is 0 Å². The predicted molar refractivity (Wildman–Crippen MR) is 122 cm³/mol. The first-order valence-corrected chi connectivity index (χ1v) is 11.1. The third kappa shape index (κ3) is 5.67. The number of hydrogen-bond acceptors (Lipinski definition) is 7. The first-order chi connectivity index (χ1) is 15.4. The zero-order valence-corrected chi connectivity index (χ0v) is 19.3. The Bertz CT molecular complexity index is 1080. The molecule has 1 N–H and O–H groups in total. The Labute approximate surface area is 191 Å². The molecule has 0 radical (unpaired) electrons. The maximum atomic E-state index is 12.6. The highest BCUT2D eigenvalue weighted by Crippen LogP contribution is 2.27. The topological polar surface area (TPSA) is 95.3 Å². The summed E-state index contributed by atoms with van der Waals surface area (Å²) in [6.07, 6.45) is 0. The molecule has 0 fully saturated rings. The minimum Gasteiger partial charge on any atom is -0.497 e. The van der Waals surface area contributed by atoms with Crippen molar-refractivity contribution in [3.05, 3.63) is 65.5 Å². The number of rotatable bonds is 9. The fourth-order valence-electron chi connectivity index (χ4n) is 2.99. The third-order valence-corrected chi connectivity index (χ3v) is 5.64. The highest BCUT2D eigenvalue weighted by atomic mass is 32.2. The van der Waals surface area contributed by atoms with Crippen molar-refractivity contribution >= 4 is 23.6 Å². The van der Waals surface area contributed by atoms with Gasteiger partial charge in [-0.15, -0.1) is 10.2 Å². The lowest BCUT2D eigenvalue weighted by Crippen LogP contribution is -2.24. The van der Waals surface area contributed by atoms with Crippen LogP contribution in [0, 0.1) is 6.92 Å². The quantitative estimate of drug-likeness (QED) is 0.390. The summed E-state index contributed by atoms with van der Waals surface area (Å²) in [5.74, 6) is 0.681. The Kier molecular flexibility index (Phi) is 7.88. The molecule has 0 saturated heterocycles. The van der Waals surface area contributed by atoms with Gasteiger partial charge in [0.15, 0.2) is 11.0 Å². The maximum absolute atomic E-state index is 12.6. The van der Waals surface area contributed by atoms with Crippen molar-refractivity contribution in [1.82, 2.24) is 20.1 Å². The van der Waals surface area contributed by atoms with Gasteiger partial charge < -0.3 is 14.8 Å². The zero-order chi connectivity index (χ0) is 23.1. The van der Waals surface area contributed by atoms with E-state index in [0.29, 0.717) is 28.9 Å². The minimum atomic E-state index is -0.454. The van der Waals surface area contributed by atoms with E-state index in [4.69, 9.17) is 9.47 Å². The lowest BCUT2D eigenvalue weighted by molar-refractivity contribution is -0.142. The van der Waals surface area contributed by atoms with E-state index in [0.717, 1.165) is 11.3 Å². The van der Waals surface area contributed by atoms with Crippen molar-refractivity contribution in [3.63, 3.8) is 0 Å². The Morgan fingerprint density at radius 2 is 1.91 bits per heavy atom. The van der Waals surface area contributed by atoms with E-state index in [1.165, 1.54) is 11.8 Å². The van der Waals surface area contributed by atoms with Crippen molar-refractivity contribution < 1.29 is 19.1 Å². The number of nitrogens with one attached hydrogen (secondary N) is 1. The molecule has 1 atom stereocenters. The molecule has 0 aliphatic carbocycles. The lowest BCUT2D eigenvalue weighted by Gasteiger charge is -2.14. The SMILES string of the molecule is CCOC(=O)[C@H](C)Sc1nnc(CNC(=O)c2ccc(OC)cc2)n1-c1cccc(C)c1. The van der Waals surface area contributed by atoms with Gasteiger partial charge in [-0.05, 0) is 62.7 Å². The van der Waals surface area contributed by atoms with Gasteiger partial charge in [-0.25, -0.2) is 0 Å². The number of hydrogen-bond donors (Lipinski definition) is 1. The number of nitrogens with zero attached hydrogens (tertiary/aromatic N) is 3. The number of carbonyl (C=O) groups excluding carboxylic acids is 2. The van der Waals surface area contributed by atoms with Gasteiger partial charge in [0.25, 0.3) is 5.91 Å². The summed E-state index contributed by atoms with van der Waals surface area (Å²) in [5.41, 5.74) is 2.43. The molecule has 1 aromatic heterocycles. The molecule has 3 rings (SSSR count). The molecule has 2 aromatic carbocycles. The number of thioether (sulfide) groups is 1. The summed E-state index contributed by atoms with van der Waals surface area (Å²) in [6, 6.07) is 14.7. The van der Waals surface area contributed by atoms with Crippen molar-refractivity contribution in [1.29, 1.82) is 0 Å². The Balaban J connectivity index is 1.84. The van der Waals surface area contributed by atoms with Crippen LogP contribution < -0.4 is 10.1 Å². The number of benzene rings is 2. The maximum Gasteiger partial charge on any atom is 0.319 e. The molecular formula is C23H26N4O4S. The second-order valence-electron chi connectivity index (χ2n) is 7.00. The molecule has 0 unspecified atom stereocenters. The average molecular weight is 455 g/mol. The number of aryl methyl sites for hydroxylation is 1. The summed E-state index contributed by atoms with van der Waals surface area (Å²) in [5, 5.41) is 11.5. The van der Waals surface area contributed by atoms with Gasteiger partial charge in [0.05, 0.1) is 20.3 Å². The van der Waals surface area contributed by atoms with Crippen LogP contribution in [0.4, 0.5) is 0 Å². The standard InChI is InChI=1S/C23H26N4O4S/c1-5-31-22(29)16(3)32-23-26-25-20(27(23)18-8-6-7-15(2)13-18)14-24-21(28)17-9-11-19(30-4)12-10-17/h6-13,16H,5,14H2,1-4H3,(H,24,28)/t16-/m0/s1. The van der Waals surface area contributed by atoms with Crippen LogP contribution >= 0.6 is 11.8 Å². The van der Waals surface area contributed by atoms with E-state index < -0.39 is 5.25 Å². The fraction of sp³-hybridized carbons (Fsp3) is 0.304. The summed E-state index contributed by atoms with van der Waals surface area (Å²) in [7, 11) is 1.57. The van der Waals surface area contributed by atoms with Crippen molar-refractivity contribution in [2.24, 2.45) is 0 Å². The molecule has 0 aliphatic rings. The first-order valence-electron chi connectivity index (χ1n) is 10.2. The predicted octanol–water partition coefficient (Wildman–Crippen LogP) is 3.56. The first kappa shape index (κ1) is 23.3. The van der Waals surface area contributed by atoms with Crippen LogP contribution in [0.25, 0.3) is 5.69 Å². The van der Waals surface area contributed by atoms with Gasteiger partial charge in [-0.3, -0.25) is 14.2 Å². The molecule has 0 aliphatic heterocycles. The van der Waals surface area contributed by atoms with E-state index >= 15 is 0 Å². The fourth-order valence-corrected chi connectivity index (χ4v) is 3.87. The Morgan fingerprint density at radius 3 is 2.56 bits per heavy atom. The molecule has 1 amide bonds. The minimum absolute atomic E-state index is 0.167. The van der Waals surface area contributed by atoms with Crippen LogP contribution in [0.1, 0.15) is 35.6 Å². The molecule has 0 saturated carbocycles. The van der Waals surface area contributed by atoms with Crippen molar-refractivity contribution in [2.75, 3.05) is 13.7 Å². The summed E-state index contributed by atoms with van der Waals surface area (Å²) >= 11 is 1.26. The smallest absolute Gasteiger partial charge is 0.319 e. The van der Waals surface area contributed by atoms with E-state index in [9.17, 15) is 9.59 Å². The van der Waals surface area contributed by atoms with E-state index in [1.54, 1.807) is 45.2 Å². The van der Waals surface area contributed by atoms with Crippen molar-refractivity contribution in [3.8, 4) is 11.4 Å². The van der Waals surface area contributed by atoms with E-state index in [1.807, 2.05) is 35.8 Å². The normalized spacial score (nSPS) is 11.6. The largest absolute Gasteiger partial charge is 0.497 e. The zero-order valence-electron chi connectivity index (χ0n) is 18.5. The number of methoxy groups -OCH3 is 1. The number of ether oxygens (including phenoxy) is 2. The van der Waals surface area contributed by atoms with Crippen LogP contribution in [0.5, 0.6) is 5.75 Å². The highest BCUT2D eigenvalue weighted by molar-refractivity contribution is 8.00. The molecule has 8 nitrogen and oxygen atoms in total. The van der Waals surface area contributed by atoms with Crippen molar-refractivity contribution in [2.45, 2.75) is 37.7 Å². The third-order valence-electron chi connectivity index (χ3n) is 4.62. The second-order valence-corrected chi connectivity index (χ2v) is 8.30. The van der Waals surface area contributed by atoms with Gasteiger partial charge in [0, 0.05) is 11.3 Å². The van der Waals surface area contributed by atoms with Crippen LogP contribution in [0.3, 0.4) is 0 Å². The number of esters is 1. The van der Waals surface area contributed by atoms with Crippen LogP contribution in [-0.2, 0) is 16.1 Å². The number of aromatic nitrogens is 3. The highest BCUT2D eigenvalue weighted by Gasteiger charge is 2.22. The molecular weight excluding hydrogens is 428 g/mol. The Morgan fingerprint density at radius 1 is 1.16 bits per heavy atom. The monoisotopic (exact) mass is 454 g/mol. The molecule has 168 valence electrons. The van der Waals surface area contributed by atoms with Gasteiger partial charge in [-0.1, -0.05) is 23.9 Å². The van der Waals surface area contributed by atoms with Gasteiger partial charge in [0.1, 0.15) is 11.0 Å². The second kappa shape index (κ2) is 10.8. The summed E-state index contributed by atoms with van der Waals surface area (Å²) in [6.45, 7) is 6.02. The molecule has 32 heavy (non-hydrogen) atoms. The number of amides is 1. The number of carbonyl (C=O) groups is 2. The average Bonchev–Trinajstić information content (AvgIpc) is 3.19. The van der Waals surface area contributed by atoms with Crippen LogP contribution in [-0.4, -0.2) is 45.6 Å². The van der Waals surface area contributed by atoms with Crippen LogP contribution in [0.15, 0.2) is 53.7 Å². The summed E-state index contributed by atoms with van der Waals surface area (Å²) < 4.78 is 12.1. The van der Waals surface area contributed by atoms with Crippen LogP contribution in [0.2, 0.25) is 0 Å². The van der Waals surface area contributed by atoms with Gasteiger partial charge in [0.2, 0.25) is 0 Å². The summed E-state index contributed by atoms with van der Waals surface area (Å²) in [4.78, 5) is 24.7. The lowest BCUT2D eigenvalue weighted by atomic mass is 10.2. The Hall–Kier alpha value is -3.33. The molecule has 9 heteroatoms. The van der Waals surface area contributed by atoms with Gasteiger partial charge >= 0.3 is 5.97 Å². The molecule has 3 aromatic rings. The van der Waals surface area contributed by atoms with E-state index in [-0.39, 0.29) is 18.4 Å². The molecule has 0 spiro atoms. The molecule has 1 heterocycles.